The standard InChI is InChI=1S/C11H17NO/c1-8-4-5-9(2)12(8)11-6-7-13-10(11)3/h4-5,10-11H,6-7H2,1-3H3. The average Bonchev–Trinajstić information content (AvgIpc) is 2.60. The van der Waals surface area contributed by atoms with E-state index < -0.39 is 0 Å². The Morgan fingerprint density at radius 1 is 1.31 bits per heavy atom. The van der Waals surface area contributed by atoms with Gasteiger partial charge in [0.2, 0.25) is 0 Å². The molecule has 0 aromatic carbocycles. The molecule has 0 radical (unpaired) electrons. The van der Waals surface area contributed by atoms with Crippen LogP contribution in [-0.2, 0) is 4.74 Å². The van der Waals surface area contributed by atoms with Gasteiger partial charge in [-0.15, -0.1) is 0 Å². The van der Waals surface area contributed by atoms with Gasteiger partial charge in [0.25, 0.3) is 0 Å². The molecule has 0 bridgehead atoms. The first-order chi connectivity index (χ1) is 6.20. The Bertz CT molecular complexity index is 284. The minimum atomic E-state index is 0.366. The Balaban J connectivity index is 2.33. The van der Waals surface area contributed by atoms with E-state index >= 15 is 0 Å². The lowest BCUT2D eigenvalue weighted by molar-refractivity contribution is 0.107. The normalized spacial score (nSPS) is 28.2. The van der Waals surface area contributed by atoms with Crippen LogP contribution < -0.4 is 0 Å². The van der Waals surface area contributed by atoms with Crippen LogP contribution in [0.2, 0.25) is 0 Å². The SMILES string of the molecule is Cc1ccc(C)n1C1CCOC1C. The van der Waals surface area contributed by atoms with Crippen molar-refractivity contribution in [3.63, 3.8) is 0 Å². The Labute approximate surface area is 79.5 Å². The van der Waals surface area contributed by atoms with Crippen molar-refractivity contribution in [1.82, 2.24) is 4.57 Å². The monoisotopic (exact) mass is 179 g/mol. The third kappa shape index (κ3) is 1.39. The Kier molecular flexibility index (Phi) is 2.16. The van der Waals surface area contributed by atoms with E-state index in [0.717, 1.165) is 13.0 Å². The number of aromatic nitrogens is 1. The summed E-state index contributed by atoms with van der Waals surface area (Å²) < 4.78 is 7.98. The van der Waals surface area contributed by atoms with Crippen LogP contribution in [-0.4, -0.2) is 17.3 Å². The predicted molar refractivity (Wildman–Crippen MR) is 53.0 cm³/mol. The van der Waals surface area contributed by atoms with E-state index in [-0.39, 0.29) is 0 Å². The molecule has 1 aliphatic rings. The lowest BCUT2D eigenvalue weighted by atomic mass is 10.1. The zero-order chi connectivity index (χ0) is 9.42. The molecular formula is C11H17NO. The molecule has 2 heterocycles. The highest BCUT2D eigenvalue weighted by Crippen LogP contribution is 2.28. The van der Waals surface area contributed by atoms with Crippen molar-refractivity contribution in [3.05, 3.63) is 23.5 Å². The Hall–Kier alpha value is -0.760. The summed E-state index contributed by atoms with van der Waals surface area (Å²) in [6.45, 7) is 7.40. The van der Waals surface area contributed by atoms with Crippen LogP contribution in [0.25, 0.3) is 0 Å². The van der Waals surface area contributed by atoms with Crippen LogP contribution in [0.1, 0.15) is 30.8 Å². The second-order valence-corrected chi connectivity index (χ2v) is 3.92. The molecule has 2 unspecified atom stereocenters. The van der Waals surface area contributed by atoms with Crippen molar-refractivity contribution in [1.29, 1.82) is 0 Å². The van der Waals surface area contributed by atoms with Gasteiger partial charge in [-0.05, 0) is 39.3 Å². The number of rotatable bonds is 1. The Morgan fingerprint density at radius 2 is 1.92 bits per heavy atom. The summed E-state index contributed by atoms with van der Waals surface area (Å²) in [5, 5.41) is 0. The zero-order valence-corrected chi connectivity index (χ0v) is 8.58. The largest absolute Gasteiger partial charge is 0.376 e. The van der Waals surface area contributed by atoms with E-state index in [4.69, 9.17) is 4.74 Å². The van der Waals surface area contributed by atoms with Crippen molar-refractivity contribution in [2.75, 3.05) is 6.61 Å². The maximum Gasteiger partial charge on any atom is 0.0754 e. The van der Waals surface area contributed by atoms with Crippen LogP contribution in [0.15, 0.2) is 12.1 Å². The third-order valence-corrected chi connectivity index (χ3v) is 2.99. The van der Waals surface area contributed by atoms with Crippen LogP contribution in [0.4, 0.5) is 0 Å². The van der Waals surface area contributed by atoms with Crippen molar-refractivity contribution in [2.24, 2.45) is 0 Å². The fourth-order valence-corrected chi connectivity index (χ4v) is 2.26. The van der Waals surface area contributed by atoms with E-state index in [2.05, 4.69) is 37.5 Å². The number of nitrogens with zero attached hydrogens (tertiary/aromatic N) is 1. The van der Waals surface area contributed by atoms with Gasteiger partial charge in [-0.1, -0.05) is 0 Å². The van der Waals surface area contributed by atoms with Gasteiger partial charge in [0, 0.05) is 18.0 Å². The van der Waals surface area contributed by atoms with Gasteiger partial charge in [0.1, 0.15) is 0 Å². The number of hydrogen-bond acceptors (Lipinski definition) is 1. The summed E-state index contributed by atoms with van der Waals surface area (Å²) in [7, 11) is 0. The quantitative estimate of drug-likeness (QED) is 0.646. The highest BCUT2D eigenvalue weighted by atomic mass is 16.5. The summed E-state index contributed by atoms with van der Waals surface area (Å²) in [6.07, 6.45) is 1.52. The van der Waals surface area contributed by atoms with Gasteiger partial charge in [0.05, 0.1) is 12.1 Å². The highest BCUT2D eigenvalue weighted by molar-refractivity contribution is 5.15. The first kappa shape index (κ1) is 8.82. The van der Waals surface area contributed by atoms with E-state index in [0.29, 0.717) is 12.1 Å². The van der Waals surface area contributed by atoms with E-state index in [1.54, 1.807) is 0 Å². The van der Waals surface area contributed by atoms with Crippen LogP contribution >= 0.6 is 0 Å². The zero-order valence-electron chi connectivity index (χ0n) is 8.58. The first-order valence-corrected chi connectivity index (χ1v) is 4.96. The highest BCUT2D eigenvalue weighted by Gasteiger charge is 2.26. The molecule has 2 rings (SSSR count). The van der Waals surface area contributed by atoms with Crippen molar-refractivity contribution < 1.29 is 4.74 Å². The van der Waals surface area contributed by atoms with Gasteiger partial charge in [-0.25, -0.2) is 0 Å². The smallest absolute Gasteiger partial charge is 0.0754 e. The summed E-state index contributed by atoms with van der Waals surface area (Å²) in [5.74, 6) is 0. The lowest BCUT2D eigenvalue weighted by Gasteiger charge is -2.20. The molecule has 2 nitrogen and oxygen atoms in total. The maximum absolute atomic E-state index is 5.58. The first-order valence-electron chi connectivity index (χ1n) is 4.96. The molecular weight excluding hydrogens is 162 g/mol. The van der Waals surface area contributed by atoms with Crippen LogP contribution in [0.3, 0.4) is 0 Å². The molecule has 13 heavy (non-hydrogen) atoms. The number of hydrogen-bond donors (Lipinski definition) is 0. The minimum absolute atomic E-state index is 0.366. The average molecular weight is 179 g/mol. The molecule has 1 fully saturated rings. The topological polar surface area (TPSA) is 14.2 Å². The van der Waals surface area contributed by atoms with Gasteiger partial charge in [-0.3, -0.25) is 0 Å². The summed E-state index contributed by atoms with van der Waals surface area (Å²) in [4.78, 5) is 0. The third-order valence-electron chi connectivity index (χ3n) is 2.99. The maximum atomic E-state index is 5.58. The molecule has 0 N–H and O–H groups in total. The molecule has 1 aromatic heterocycles. The fourth-order valence-electron chi connectivity index (χ4n) is 2.26. The Morgan fingerprint density at radius 3 is 2.38 bits per heavy atom. The van der Waals surface area contributed by atoms with Crippen LogP contribution in [0.5, 0.6) is 0 Å². The molecule has 0 aliphatic carbocycles. The molecule has 2 heteroatoms. The van der Waals surface area contributed by atoms with Gasteiger partial charge < -0.3 is 9.30 Å². The fraction of sp³-hybridized carbons (Fsp3) is 0.636. The number of aryl methyl sites for hydroxylation is 2. The van der Waals surface area contributed by atoms with E-state index in [9.17, 15) is 0 Å². The molecule has 1 aliphatic heterocycles. The molecule has 0 amide bonds. The van der Waals surface area contributed by atoms with Crippen molar-refractivity contribution >= 4 is 0 Å². The second-order valence-electron chi connectivity index (χ2n) is 3.92. The van der Waals surface area contributed by atoms with Gasteiger partial charge >= 0.3 is 0 Å². The summed E-state index contributed by atoms with van der Waals surface area (Å²) in [5.41, 5.74) is 2.69. The summed E-state index contributed by atoms with van der Waals surface area (Å²) >= 11 is 0. The second kappa shape index (κ2) is 3.18. The van der Waals surface area contributed by atoms with Crippen LogP contribution in [0, 0.1) is 13.8 Å². The minimum Gasteiger partial charge on any atom is -0.376 e. The summed E-state index contributed by atoms with van der Waals surface area (Å²) in [6, 6.07) is 4.91. The predicted octanol–water partition coefficient (Wildman–Crippen LogP) is 2.45. The van der Waals surface area contributed by atoms with E-state index in [1.807, 2.05) is 0 Å². The molecule has 2 atom stereocenters. The number of ether oxygens (including phenoxy) is 1. The van der Waals surface area contributed by atoms with Gasteiger partial charge in [0.15, 0.2) is 0 Å². The molecule has 72 valence electrons. The lowest BCUT2D eigenvalue weighted by Crippen LogP contribution is -2.18. The van der Waals surface area contributed by atoms with Gasteiger partial charge in [-0.2, -0.15) is 0 Å². The van der Waals surface area contributed by atoms with E-state index in [1.165, 1.54) is 11.4 Å². The van der Waals surface area contributed by atoms with Crippen molar-refractivity contribution in [2.45, 2.75) is 39.3 Å². The molecule has 0 saturated carbocycles. The molecule has 1 aromatic rings. The molecule has 0 spiro atoms. The molecule has 1 saturated heterocycles. The van der Waals surface area contributed by atoms with Crippen molar-refractivity contribution in [3.8, 4) is 0 Å².